The zero-order valence-corrected chi connectivity index (χ0v) is 17.2. The molecule has 1 saturated heterocycles. The summed E-state index contributed by atoms with van der Waals surface area (Å²) in [4.78, 5) is 27.9. The minimum Gasteiger partial charge on any atom is -0.508 e. The van der Waals surface area contributed by atoms with Crippen LogP contribution in [-0.2, 0) is 9.59 Å². The van der Waals surface area contributed by atoms with Gasteiger partial charge < -0.3 is 25.3 Å². The first-order valence-corrected chi connectivity index (χ1v) is 10.3. The molecule has 2 heterocycles. The van der Waals surface area contributed by atoms with Gasteiger partial charge in [-0.1, -0.05) is 0 Å². The summed E-state index contributed by atoms with van der Waals surface area (Å²) < 4.78 is 0. The van der Waals surface area contributed by atoms with Gasteiger partial charge in [-0.15, -0.1) is 0 Å². The lowest BCUT2D eigenvalue weighted by Crippen LogP contribution is -2.34. The Hall–Kier alpha value is -3.07. The molecule has 162 valence electrons. The lowest BCUT2D eigenvalue weighted by Gasteiger charge is -2.20. The highest BCUT2D eigenvalue weighted by molar-refractivity contribution is 5.90. The maximum atomic E-state index is 12.2. The number of phenols is 2. The summed E-state index contributed by atoms with van der Waals surface area (Å²) in [5, 5.41) is 28.9. The third-order valence-electron chi connectivity index (χ3n) is 5.28. The highest BCUT2D eigenvalue weighted by atomic mass is 16.3. The van der Waals surface area contributed by atoms with Crippen LogP contribution in [0.5, 0.6) is 11.5 Å². The highest BCUT2D eigenvalue weighted by Gasteiger charge is 2.16. The van der Waals surface area contributed by atoms with Gasteiger partial charge in [0.1, 0.15) is 11.5 Å². The second kappa shape index (κ2) is 10.1. The summed E-state index contributed by atoms with van der Waals surface area (Å²) in [7, 11) is 0. The highest BCUT2D eigenvalue weighted by Crippen LogP contribution is 2.31. The van der Waals surface area contributed by atoms with Crippen LogP contribution in [0.3, 0.4) is 0 Å². The molecule has 1 aliphatic rings. The predicted molar refractivity (Wildman–Crippen MR) is 113 cm³/mol. The monoisotopic (exact) mass is 415 g/mol. The minimum atomic E-state index is -0.110. The summed E-state index contributed by atoms with van der Waals surface area (Å²) in [6, 6.07) is 5.93. The number of rotatable bonds is 7. The van der Waals surface area contributed by atoms with Gasteiger partial charge in [0.25, 0.3) is 0 Å². The molecule has 0 bridgehead atoms. The Morgan fingerprint density at radius 2 is 1.97 bits per heavy atom. The molecular formula is C21H29N5O4. The lowest BCUT2D eigenvalue weighted by molar-refractivity contribution is -0.128. The van der Waals surface area contributed by atoms with Crippen LogP contribution >= 0.6 is 0 Å². The molecule has 4 N–H and O–H groups in total. The van der Waals surface area contributed by atoms with Gasteiger partial charge in [-0.2, -0.15) is 5.10 Å². The number of amides is 2. The molecule has 2 amide bonds. The molecule has 2 aromatic rings. The van der Waals surface area contributed by atoms with E-state index in [4.69, 9.17) is 0 Å². The van der Waals surface area contributed by atoms with E-state index in [1.807, 2.05) is 4.90 Å². The van der Waals surface area contributed by atoms with Crippen LogP contribution in [0.15, 0.2) is 24.3 Å². The molecule has 1 aromatic heterocycles. The number of anilines is 1. The molecule has 0 radical (unpaired) electrons. The molecule has 1 fully saturated rings. The number of benzene rings is 1. The Labute approximate surface area is 175 Å². The lowest BCUT2D eigenvalue weighted by atomic mass is 10.1. The third-order valence-corrected chi connectivity index (χ3v) is 5.28. The van der Waals surface area contributed by atoms with Crippen LogP contribution in [0.4, 0.5) is 5.82 Å². The number of hydrogen-bond donors (Lipinski definition) is 4. The number of aromatic nitrogens is 2. The fourth-order valence-electron chi connectivity index (χ4n) is 3.61. The number of carbonyl (C=O) groups excluding carboxylic acids is 2. The molecule has 0 aliphatic carbocycles. The molecule has 9 heteroatoms. The van der Waals surface area contributed by atoms with Gasteiger partial charge >= 0.3 is 0 Å². The third kappa shape index (κ3) is 5.96. The van der Waals surface area contributed by atoms with E-state index < -0.39 is 0 Å². The van der Waals surface area contributed by atoms with E-state index in [1.165, 1.54) is 12.1 Å². The zero-order valence-electron chi connectivity index (χ0n) is 17.2. The first-order chi connectivity index (χ1) is 14.4. The normalized spacial score (nSPS) is 15.0. The molecule has 9 nitrogen and oxygen atoms in total. The Balaban J connectivity index is 1.39. The second-order valence-corrected chi connectivity index (χ2v) is 7.57. The fraction of sp³-hybridized carbons (Fsp3) is 0.476. The molecule has 1 aromatic carbocycles. The van der Waals surface area contributed by atoms with Crippen molar-refractivity contribution in [3.8, 4) is 22.8 Å². The first-order valence-electron chi connectivity index (χ1n) is 10.3. The number of nitrogens with zero attached hydrogens (tertiary/aromatic N) is 3. The van der Waals surface area contributed by atoms with Gasteiger partial charge in [-0.05, 0) is 44.5 Å². The maximum Gasteiger partial charge on any atom is 0.225 e. The van der Waals surface area contributed by atoms with Crippen molar-refractivity contribution in [1.82, 2.24) is 20.0 Å². The van der Waals surface area contributed by atoms with Crippen LogP contribution < -0.4 is 5.32 Å². The van der Waals surface area contributed by atoms with Crippen LogP contribution in [-0.4, -0.2) is 74.7 Å². The van der Waals surface area contributed by atoms with E-state index in [0.29, 0.717) is 23.5 Å². The summed E-state index contributed by atoms with van der Waals surface area (Å²) >= 11 is 0. The average molecular weight is 415 g/mol. The quantitative estimate of drug-likeness (QED) is 0.514. The summed E-state index contributed by atoms with van der Waals surface area (Å²) in [5.74, 6) is 0.314. The number of carbonyl (C=O) groups is 2. The topological polar surface area (TPSA) is 122 Å². The van der Waals surface area contributed by atoms with Crippen molar-refractivity contribution in [1.29, 1.82) is 0 Å². The van der Waals surface area contributed by atoms with E-state index in [2.05, 4.69) is 20.4 Å². The molecular weight excluding hydrogens is 386 g/mol. The fourth-order valence-corrected chi connectivity index (χ4v) is 3.61. The van der Waals surface area contributed by atoms with Crippen LogP contribution in [0.25, 0.3) is 11.3 Å². The van der Waals surface area contributed by atoms with Gasteiger partial charge in [0.2, 0.25) is 11.8 Å². The van der Waals surface area contributed by atoms with Gasteiger partial charge in [0.05, 0.1) is 5.69 Å². The first kappa shape index (κ1) is 21.6. The maximum absolute atomic E-state index is 12.2. The summed E-state index contributed by atoms with van der Waals surface area (Å²) in [6.07, 6.45) is 3.08. The van der Waals surface area contributed by atoms with Crippen LogP contribution in [0, 0.1) is 0 Å². The van der Waals surface area contributed by atoms with E-state index in [0.717, 1.165) is 52.0 Å². The number of aromatic amines is 1. The number of phenolic OH excluding ortho intramolecular Hbond substituents is 2. The zero-order chi connectivity index (χ0) is 21.5. The van der Waals surface area contributed by atoms with Crippen molar-refractivity contribution in [2.45, 2.75) is 32.6 Å². The van der Waals surface area contributed by atoms with E-state index in [-0.39, 0.29) is 23.3 Å². The molecule has 0 unspecified atom stereocenters. The molecule has 3 rings (SSSR count). The Bertz CT molecular complexity index is 882. The Morgan fingerprint density at radius 1 is 1.13 bits per heavy atom. The number of H-pyrrole nitrogens is 1. The van der Waals surface area contributed by atoms with E-state index in [1.54, 1.807) is 19.1 Å². The second-order valence-electron chi connectivity index (χ2n) is 7.57. The van der Waals surface area contributed by atoms with Crippen molar-refractivity contribution in [3.05, 3.63) is 24.3 Å². The smallest absolute Gasteiger partial charge is 0.225 e. The van der Waals surface area contributed by atoms with Gasteiger partial charge in [-0.3, -0.25) is 14.7 Å². The van der Waals surface area contributed by atoms with Crippen molar-refractivity contribution < 1.29 is 19.8 Å². The number of nitrogens with one attached hydrogen (secondary N) is 2. The molecule has 30 heavy (non-hydrogen) atoms. The van der Waals surface area contributed by atoms with Gasteiger partial charge in [0, 0.05) is 50.7 Å². The molecule has 0 spiro atoms. The number of unbranched alkanes of at least 4 members (excludes halogenated alkanes) is 1. The van der Waals surface area contributed by atoms with Crippen LogP contribution in [0.2, 0.25) is 0 Å². The average Bonchev–Trinajstić information content (AvgIpc) is 3.01. The van der Waals surface area contributed by atoms with Crippen molar-refractivity contribution >= 4 is 17.6 Å². The van der Waals surface area contributed by atoms with E-state index >= 15 is 0 Å². The molecule has 1 aliphatic heterocycles. The Morgan fingerprint density at radius 3 is 2.73 bits per heavy atom. The van der Waals surface area contributed by atoms with Gasteiger partial charge in [-0.25, -0.2) is 0 Å². The van der Waals surface area contributed by atoms with Crippen molar-refractivity contribution in [2.24, 2.45) is 0 Å². The summed E-state index contributed by atoms with van der Waals surface area (Å²) in [6.45, 7) is 5.99. The van der Waals surface area contributed by atoms with Crippen LogP contribution in [0.1, 0.15) is 32.6 Å². The molecule has 0 saturated carbocycles. The van der Waals surface area contributed by atoms with Crippen molar-refractivity contribution in [3.63, 3.8) is 0 Å². The number of hydrogen-bond acceptors (Lipinski definition) is 6. The van der Waals surface area contributed by atoms with E-state index in [9.17, 15) is 19.8 Å². The number of aromatic hydroxyl groups is 2. The predicted octanol–water partition coefficient (Wildman–Crippen LogP) is 2.15. The largest absolute Gasteiger partial charge is 0.508 e. The SMILES string of the molecule is CC(=O)N1CCCN(CCCCC(=O)Nc2cc(-c3ccc(O)cc3O)[nH]n2)CC1. The van der Waals surface area contributed by atoms with Crippen molar-refractivity contribution in [2.75, 3.05) is 38.0 Å². The minimum absolute atomic E-state index is 0.0272. The molecule has 0 atom stereocenters. The summed E-state index contributed by atoms with van der Waals surface area (Å²) in [5.41, 5.74) is 1.03. The van der Waals surface area contributed by atoms with Gasteiger partial charge in [0.15, 0.2) is 5.82 Å². The standard InChI is InChI=1S/C21H29N5O4/c1-15(27)26-10-4-9-25(11-12-26)8-3-2-5-21(30)22-20-14-18(23-24-20)17-7-6-16(28)13-19(17)29/h6-7,13-14,28-29H,2-5,8-12H2,1H3,(H2,22,23,24,30). The Kier molecular flexibility index (Phi) is 7.29.